The van der Waals surface area contributed by atoms with Crippen molar-refractivity contribution >= 4 is 9.53 Å². The Balaban J connectivity index is 6.75. The summed E-state index contributed by atoms with van der Waals surface area (Å²) in [5.74, 6) is -42.3. The average molecular weight is 626 g/mol. The van der Waals surface area contributed by atoms with E-state index >= 15 is 0 Å². The van der Waals surface area contributed by atoms with E-state index in [4.69, 9.17) is 0 Å². The van der Waals surface area contributed by atoms with Crippen LogP contribution in [0.15, 0.2) is 0 Å². The summed E-state index contributed by atoms with van der Waals surface area (Å²) in [6.07, 6.45) is -22.3. The normalized spacial score (nSPS) is 16.1. The SMILES string of the molecule is FCC(F)(F)C(F)(F)C(F)(F)O[SiH](OC(F)(F)C(F)(F)C(F)(F)CF)OC(F)(F)C(F)(F)C(F)(F)CF. The first-order valence-electron chi connectivity index (χ1n) is 8.08. The van der Waals surface area contributed by atoms with E-state index in [9.17, 15) is 92.2 Å². The predicted octanol–water partition coefficient (Wildman–Crippen LogP) is 6.25. The third kappa shape index (κ3) is 6.28. The van der Waals surface area contributed by atoms with Crippen LogP contribution in [0.1, 0.15) is 0 Å². The highest BCUT2D eigenvalue weighted by Gasteiger charge is 2.79. The minimum Gasteiger partial charge on any atom is -0.311 e. The lowest BCUT2D eigenvalue weighted by Crippen LogP contribution is -2.64. The van der Waals surface area contributed by atoms with E-state index in [0.717, 1.165) is 0 Å². The fourth-order valence-corrected chi connectivity index (χ4v) is 2.86. The summed E-state index contributed by atoms with van der Waals surface area (Å²) in [5.41, 5.74) is 0. The van der Waals surface area contributed by atoms with Gasteiger partial charge in [-0.15, -0.1) is 0 Å². The Morgan fingerprint density at radius 3 is 0.649 bits per heavy atom. The van der Waals surface area contributed by atoms with Gasteiger partial charge in [0.05, 0.1) is 0 Å². The number of hydrogen-bond donors (Lipinski definition) is 0. The van der Waals surface area contributed by atoms with Crippen molar-refractivity contribution in [2.24, 2.45) is 0 Å². The Morgan fingerprint density at radius 1 is 0.351 bits per heavy atom. The molecule has 0 saturated heterocycles. The van der Waals surface area contributed by atoms with Crippen LogP contribution in [-0.4, -0.2) is 83.4 Å². The molecule has 0 aromatic carbocycles. The first-order chi connectivity index (χ1) is 16.0. The molecule has 0 heterocycles. The second-order valence-corrected chi connectivity index (χ2v) is 7.71. The van der Waals surface area contributed by atoms with Gasteiger partial charge in [-0.05, 0) is 0 Å². The van der Waals surface area contributed by atoms with Gasteiger partial charge < -0.3 is 13.3 Å². The molecule has 0 aromatic heterocycles. The van der Waals surface area contributed by atoms with Crippen LogP contribution in [0.2, 0.25) is 0 Å². The monoisotopic (exact) mass is 626 g/mol. The zero-order valence-electron chi connectivity index (χ0n) is 16.4. The maximum absolute atomic E-state index is 13.5. The van der Waals surface area contributed by atoms with Gasteiger partial charge in [0.15, 0.2) is 20.0 Å². The molecule has 224 valence electrons. The molecule has 0 amide bonds. The molecule has 0 atom stereocenters. The summed E-state index contributed by atoms with van der Waals surface area (Å²) in [6, 6.07) is 0. The molecule has 3 nitrogen and oxygen atoms in total. The van der Waals surface area contributed by atoms with Gasteiger partial charge in [0.1, 0.15) is 0 Å². The molecule has 25 heteroatoms. The van der Waals surface area contributed by atoms with E-state index in [1.165, 1.54) is 0 Å². The number of rotatable bonds is 15. The summed E-state index contributed by atoms with van der Waals surface area (Å²) in [4.78, 5) is 0. The Kier molecular flexibility index (Phi) is 9.93. The zero-order chi connectivity index (χ0) is 30.3. The number of alkyl halides is 21. The third-order valence-electron chi connectivity index (χ3n) is 3.71. The van der Waals surface area contributed by atoms with E-state index in [-0.39, 0.29) is 0 Å². The summed E-state index contributed by atoms with van der Waals surface area (Å²) in [5, 5.41) is 0. The minimum absolute atomic E-state index is 2.11. The highest BCUT2D eigenvalue weighted by Crippen LogP contribution is 2.52. The maximum atomic E-state index is 13.5. The molecule has 0 N–H and O–H groups in total. The van der Waals surface area contributed by atoms with E-state index in [1.807, 2.05) is 0 Å². The van der Waals surface area contributed by atoms with Gasteiger partial charge in [-0.1, -0.05) is 0 Å². The van der Waals surface area contributed by atoms with Gasteiger partial charge in [-0.25, -0.2) is 13.2 Å². The second-order valence-electron chi connectivity index (χ2n) is 6.43. The summed E-state index contributed by atoms with van der Waals surface area (Å²) >= 11 is 0. The van der Waals surface area contributed by atoms with Crippen molar-refractivity contribution in [1.29, 1.82) is 0 Å². The molecule has 0 saturated carbocycles. The largest absolute Gasteiger partial charge is 0.497 e. The lowest BCUT2D eigenvalue weighted by Gasteiger charge is -2.37. The molecule has 0 radical (unpaired) electrons. The summed E-state index contributed by atoms with van der Waals surface area (Å²) in [7, 11) is -7.71. The van der Waals surface area contributed by atoms with Crippen LogP contribution in [-0.2, 0) is 13.3 Å². The quantitative estimate of drug-likeness (QED) is 0.159. The van der Waals surface area contributed by atoms with Gasteiger partial charge in [-0.2, -0.15) is 79.0 Å². The predicted molar refractivity (Wildman–Crippen MR) is 72.9 cm³/mol. The number of hydrogen-bond acceptors (Lipinski definition) is 3. The Labute approximate surface area is 190 Å². The standard InChI is InChI=1S/C12H7F21O3Si/c13-1-4(16,17)7(22,23)10(28,29)34-37(35-11(30,31)8(24,25)5(18,19)2-14)36-12(32,33)9(26,27)6(20,21)3-15/h37H,1-3H2. The number of halogens is 21. The molecular formula is C12H7F21O3Si. The van der Waals surface area contributed by atoms with E-state index in [1.54, 1.807) is 0 Å². The van der Waals surface area contributed by atoms with Crippen molar-refractivity contribution in [3.8, 4) is 0 Å². The average Bonchev–Trinajstić information content (AvgIpc) is 2.71. The van der Waals surface area contributed by atoms with Crippen LogP contribution in [0.25, 0.3) is 0 Å². The molecular weight excluding hydrogens is 619 g/mol. The second kappa shape index (κ2) is 10.3. The molecule has 0 aromatic rings. The fraction of sp³-hybridized carbons (Fsp3) is 1.00. The first kappa shape index (κ1) is 35.6. The Bertz CT molecular complexity index is 670. The van der Waals surface area contributed by atoms with Crippen molar-refractivity contribution in [1.82, 2.24) is 0 Å². The smallest absolute Gasteiger partial charge is 0.311 e. The van der Waals surface area contributed by atoms with E-state index in [0.29, 0.717) is 0 Å². The van der Waals surface area contributed by atoms with Crippen molar-refractivity contribution in [3.05, 3.63) is 0 Å². The fourth-order valence-electron chi connectivity index (χ4n) is 1.55. The first-order valence-corrected chi connectivity index (χ1v) is 9.50. The van der Waals surface area contributed by atoms with Crippen molar-refractivity contribution < 1.29 is 105 Å². The van der Waals surface area contributed by atoms with Crippen molar-refractivity contribution in [2.75, 3.05) is 20.0 Å². The lowest BCUT2D eigenvalue weighted by molar-refractivity contribution is -0.420. The summed E-state index contributed by atoms with van der Waals surface area (Å²) < 4.78 is 279. The van der Waals surface area contributed by atoms with Gasteiger partial charge in [-0.3, -0.25) is 0 Å². The highest BCUT2D eigenvalue weighted by atomic mass is 28.3. The molecule has 37 heavy (non-hydrogen) atoms. The highest BCUT2D eigenvalue weighted by molar-refractivity contribution is 6.36. The zero-order valence-corrected chi connectivity index (χ0v) is 17.5. The maximum Gasteiger partial charge on any atom is 0.497 e. The van der Waals surface area contributed by atoms with Crippen molar-refractivity contribution in [2.45, 2.75) is 53.9 Å². The molecule has 0 bridgehead atoms. The topological polar surface area (TPSA) is 27.7 Å². The Morgan fingerprint density at radius 2 is 0.514 bits per heavy atom. The third-order valence-corrected chi connectivity index (χ3v) is 5.18. The molecule has 0 aliphatic rings. The van der Waals surface area contributed by atoms with E-state index < -0.39 is 83.4 Å². The minimum atomic E-state index is -7.71. The van der Waals surface area contributed by atoms with Crippen LogP contribution < -0.4 is 0 Å². The Hall–Kier alpha value is -1.37. The lowest BCUT2D eigenvalue weighted by atomic mass is 10.2. The molecule has 0 aliphatic carbocycles. The van der Waals surface area contributed by atoms with Gasteiger partial charge in [0, 0.05) is 0 Å². The van der Waals surface area contributed by atoms with E-state index in [2.05, 4.69) is 13.3 Å². The molecule has 0 rings (SSSR count). The molecule has 0 aliphatic heterocycles. The molecule has 0 spiro atoms. The van der Waals surface area contributed by atoms with Gasteiger partial charge >= 0.3 is 63.4 Å². The van der Waals surface area contributed by atoms with Crippen LogP contribution >= 0.6 is 0 Å². The molecule has 0 unspecified atom stereocenters. The van der Waals surface area contributed by atoms with Crippen LogP contribution in [0.3, 0.4) is 0 Å². The van der Waals surface area contributed by atoms with Gasteiger partial charge in [0.25, 0.3) is 0 Å². The molecule has 0 fully saturated rings. The van der Waals surface area contributed by atoms with Crippen LogP contribution in [0, 0.1) is 0 Å². The summed E-state index contributed by atoms with van der Waals surface area (Å²) in [6.45, 7) is -11.4. The van der Waals surface area contributed by atoms with Gasteiger partial charge in [0.2, 0.25) is 0 Å². The van der Waals surface area contributed by atoms with Crippen molar-refractivity contribution in [3.63, 3.8) is 0 Å². The van der Waals surface area contributed by atoms with Crippen LogP contribution in [0.5, 0.6) is 0 Å². The van der Waals surface area contributed by atoms with Crippen LogP contribution in [0.4, 0.5) is 92.2 Å².